The van der Waals surface area contributed by atoms with Crippen LogP contribution in [0.2, 0.25) is 5.02 Å². The van der Waals surface area contributed by atoms with Crippen molar-refractivity contribution in [1.82, 2.24) is 15.3 Å². The molecule has 5 nitrogen and oxygen atoms in total. The normalized spacial score (nSPS) is 15.0. The van der Waals surface area contributed by atoms with Crippen LogP contribution in [0, 0.1) is 5.82 Å². The second kappa shape index (κ2) is 6.70. The lowest BCUT2D eigenvalue weighted by Gasteiger charge is -2.28. The average Bonchev–Trinajstić information content (AvgIpc) is 3.07. The Hall–Kier alpha value is -2.44. The second-order valence-corrected chi connectivity index (χ2v) is 6.64. The van der Waals surface area contributed by atoms with E-state index in [0.29, 0.717) is 40.6 Å². The smallest absolute Gasteiger partial charge is 0.240 e. The third-order valence-electron chi connectivity index (χ3n) is 4.74. The highest BCUT2D eigenvalue weighted by molar-refractivity contribution is 6.38. The Balaban J connectivity index is 1.85. The number of amides is 1. The Morgan fingerprint density at radius 3 is 2.96 bits per heavy atom. The van der Waals surface area contributed by atoms with Crippen LogP contribution in [-0.4, -0.2) is 35.5 Å². The van der Waals surface area contributed by atoms with Crippen LogP contribution in [0.5, 0.6) is 0 Å². The lowest BCUT2D eigenvalue weighted by Crippen LogP contribution is -2.48. The van der Waals surface area contributed by atoms with E-state index in [2.05, 4.69) is 15.3 Å². The van der Waals surface area contributed by atoms with Crippen LogP contribution in [0.15, 0.2) is 30.6 Å². The van der Waals surface area contributed by atoms with Crippen LogP contribution >= 0.6 is 11.6 Å². The molecule has 0 radical (unpaired) electrons. The Morgan fingerprint density at radius 2 is 2.19 bits per heavy atom. The number of aromatic nitrogens is 2. The third-order valence-corrected chi connectivity index (χ3v) is 5.13. The highest BCUT2D eigenvalue weighted by atomic mass is 35.5. The van der Waals surface area contributed by atoms with Gasteiger partial charge in [0.15, 0.2) is 0 Å². The molecule has 3 heterocycles. The number of pyridine rings is 1. The van der Waals surface area contributed by atoms with Gasteiger partial charge in [-0.2, -0.15) is 0 Å². The summed E-state index contributed by atoms with van der Waals surface area (Å²) in [4.78, 5) is 21.3. The van der Waals surface area contributed by atoms with Gasteiger partial charge >= 0.3 is 0 Å². The van der Waals surface area contributed by atoms with E-state index in [0.717, 1.165) is 17.4 Å². The molecule has 1 aliphatic heterocycles. The molecule has 1 fully saturated rings. The largest absolute Gasteiger partial charge is 0.346 e. The van der Waals surface area contributed by atoms with E-state index < -0.39 is 5.82 Å². The summed E-state index contributed by atoms with van der Waals surface area (Å²) < 4.78 is 14.6. The van der Waals surface area contributed by atoms with Crippen LogP contribution in [0.4, 0.5) is 10.1 Å². The topological polar surface area (TPSA) is 61.0 Å². The molecule has 2 aromatic heterocycles. The van der Waals surface area contributed by atoms with Gasteiger partial charge in [0.1, 0.15) is 11.5 Å². The number of aromatic amines is 1. The van der Waals surface area contributed by atoms with Crippen molar-refractivity contribution in [2.75, 3.05) is 24.5 Å². The third kappa shape index (κ3) is 2.75. The van der Waals surface area contributed by atoms with E-state index in [1.54, 1.807) is 23.2 Å². The van der Waals surface area contributed by atoms with Crippen molar-refractivity contribution in [2.45, 2.75) is 13.3 Å². The van der Waals surface area contributed by atoms with E-state index >= 15 is 0 Å². The second-order valence-electron chi connectivity index (χ2n) is 6.26. The number of fused-ring (bicyclic) bond motifs is 1. The minimum Gasteiger partial charge on any atom is -0.346 e. The molecule has 0 spiro atoms. The first-order valence-corrected chi connectivity index (χ1v) is 8.93. The molecule has 7 heteroatoms. The molecule has 1 saturated heterocycles. The van der Waals surface area contributed by atoms with Gasteiger partial charge in [-0.05, 0) is 30.2 Å². The van der Waals surface area contributed by atoms with E-state index in [1.807, 2.05) is 13.1 Å². The summed E-state index contributed by atoms with van der Waals surface area (Å²) in [5, 5.41) is 4.31. The first-order valence-electron chi connectivity index (χ1n) is 8.55. The number of anilines is 1. The van der Waals surface area contributed by atoms with Crippen molar-refractivity contribution in [3.63, 3.8) is 0 Å². The van der Waals surface area contributed by atoms with E-state index in [9.17, 15) is 9.18 Å². The van der Waals surface area contributed by atoms with Crippen molar-refractivity contribution in [2.24, 2.45) is 0 Å². The van der Waals surface area contributed by atoms with Crippen LogP contribution < -0.4 is 10.2 Å². The molecule has 2 N–H and O–H groups in total. The number of H-pyrrole nitrogens is 1. The van der Waals surface area contributed by atoms with Gasteiger partial charge in [0.25, 0.3) is 0 Å². The number of nitrogens with zero attached hydrogens (tertiary/aromatic N) is 2. The lowest BCUT2D eigenvalue weighted by molar-refractivity contribution is -0.118. The van der Waals surface area contributed by atoms with Crippen molar-refractivity contribution in [1.29, 1.82) is 0 Å². The van der Waals surface area contributed by atoms with Gasteiger partial charge in [0.05, 0.1) is 11.6 Å². The fourth-order valence-electron chi connectivity index (χ4n) is 3.35. The van der Waals surface area contributed by atoms with Gasteiger partial charge in [-0.1, -0.05) is 18.5 Å². The predicted octanol–water partition coefficient (Wildman–Crippen LogP) is 3.52. The molecule has 0 bridgehead atoms. The predicted molar refractivity (Wildman–Crippen MR) is 101 cm³/mol. The molecule has 134 valence electrons. The highest BCUT2D eigenvalue weighted by Crippen LogP contribution is 2.37. The number of carbonyl (C=O) groups excluding carboxylic acids is 1. The van der Waals surface area contributed by atoms with E-state index in [4.69, 9.17) is 11.6 Å². The molecule has 0 aliphatic carbocycles. The van der Waals surface area contributed by atoms with Gasteiger partial charge in [0, 0.05) is 47.7 Å². The quantitative estimate of drug-likeness (QED) is 0.739. The number of hydrogen-bond donors (Lipinski definition) is 2. The van der Waals surface area contributed by atoms with Crippen molar-refractivity contribution in [3.05, 3.63) is 47.0 Å². The zero-order chi connectivity index (χ0) is 18.3. The van der Waals surface area contributed by atoms with Gasteiger partial charge in [-0.25, -0.2) is 9.37 Å². The van der Waals surface area contributed by atoms with Crippen molar-refractivity contribution < 1.29 is 9.18 Å². The Labute approximate surface area is 155 Å². The number of nitrogens with one attached hydrogen (secondary N) is 2. The first kappa shape index (κ1) is 17.0. The molecular weight excluding hydrogens is 355 g/mol. The molecule has 4 rings (SSSR count). The average molecular weight is 373 g/mol. The fraction of sp³-hybridized carbons (Fsp3) is 0.263. The maximum Gasteiger partial charge on any atom is 0.240 e. The summed E-state index contributed by atoms with van der Waals surface area (Å²) >= 11 is 6.62. The van der Waals surface area contributed by atoms with Gasteiger partial charge < -0.3 is 15.2 Å². The number of aryl methyl sites for hydroxylation is 1. The number of piperazine rings is 1. The Kier molecular flexibility index (Phi) is 4.38. The number of hydrogen-bond acceptors (Lipinski definition) is 3. The molecule has 0 unspecified atom stereocenters. The summed E-state index contributed by atoms with van der Waals surface area (Å²) in [6.07, 6.45) is 4.24. The highest BCUT2D eigenvalue weighted by Gasteiger charge is 2.22. The van der Waals surface area contributed by atoms with Crippen LogP contribution in [0.3, 0.4) is 0 Å². The fourth-order valence-corrected chi connectivity index (χ4v) is 3.71. The van der Waals surface area contributed by atoms with E-state index in [1.165, 1.54) is 6.07 Å². The SMILES string of the molecule is CCc1c[nH]c2ncc(-c3cc(N4CCNCC4=O)ccc3F)c(Cl)c12. The minimum atomic E-state index is -0.395. The molecule has 1 amide bonds. The summed E-state index contributed by atoms with van der Waals surface area (Å²) in [5.41, 5.74) is 3.25. The molecule has 26 heavy (non-hydrogen) atoms. The lowest BCUT2D eigenvalue weighted by atomic mass is 10.0. The molecule has 1 aliphatic rings. The van der Waals surface area contributed by atoms with Crippen LogP contribution in [0.25, 0.3) is 22.2 Å². The monoisotopic (exact) mass is 372 g/mol. The molecule has 3 aromatic rings. The first-order chi connectivity index (χ1) is 12.6. The summed E-state index contributed by atoms with van der Waals surface area (Å²) in [6, 6.07) is 4.67. The van der Waals surface area contributed by atoms with Crippen LogP contribution in [0.1, 0.15) is 12.5 Å². The summed E-state index contributed by atoms with van der Waals surface area (Å²) in [5.74, 6) is -0.430. The number of halogens is 2. The maximum atomic E-state index is 14.6. The van der Waals surface area contributed by atoms with Crippen molar-refractivity contribution in [3.8, 4) is 11.1 Å². The Morgan fingerprint density at radius 1 is 1.35 bits per heavy atom. The van der Waals surface area contributed by atoms with E-state index in [-0.39, 0.29) is 12.5 Å². The summed E-state index contributed by atoms with van der Waals surface area (Å²) in [6.45, 7) is 3.57. The maximum absolute atomic E-state index is 14.6. The Bertz CT molecular complexity index is 1000. The molecular formula is C19H18ClFN4O. The van der Waals surface area contributed by atoms with Crippen molar-refractivity contribution >= 4 is 34.2 Å². The van der Waals surface area contributed by atoms with Gasteiger partial charge in [-0.15, -0.1) is 0 Å². The molecule has 1 aromatic carbocycles. The standard InChI is InChI=1S/C19H18ClFN4O/c1-2-11-8-23-19-17(11)18(20)14(9-24-19)13-7-12(3-4-15(13)21)25-6-5-22-10-16(25)26/h3-4,7-9,22H,2,5-6,10H2,1H3,(H,23,24). The zero-order valence-corrected chi connectivity index (χ0v) is 15.0. The minimum absolute atomic E-state index is 0.0348. The number of rotatable bonds is 3. The number of benzene rings is 1. The van der Waals surface area contributed by atoms with Gasteiger partial charge in [-0.3, -0.25) is 4.79 Å². The summed E-state index contributed by atoms with van der Waals surface area (Å²) in [7, 11) is 0. The number of carbonyl (C=O) groups is 1. The molecule has 0 saturated carbocycles. The zero-order valence-electron chi connectivity index (χ0n) is 14.3. The molecule has 0 atom stereocenters. The van der Waals surface area contributed by atoms with Gasteiger partial charge in [0.2, 0.25) is 5.91 Å². The van der Waals surface area contributed by atoms with Crippen LogP contribution in [-0.2, 0) is 11.2 Å².